The summed E-state index contributed by atoms with van der Waals surface area (Å²) in [4.78, 5) is 38.7. The molecular weight excluding hydrogens is 378 g/mol. The minimum atomic E-state index is -1.13. The van der Waals surface area contributed by atoms with Gasteiger partial charge in [0.1, 0.15) is 37.2 Å². The van der Waals surface area contributed by atoms with E-state index in [0.29, 0.717) is 11.8 Å². The number of hydrogen-bond donors (Lipinski definition) is 0. The van der Waals surface area contributed by atoms with Crippen LogP contribution >= 0.6 is 0 Å². The number of ether oxygens (including phenoxy) is 3. The first kappa shape index (κ1) is 20.1. The summed E-state index contributed by atoms with van der Waals surface area (Å²) >= 11 is 0. The van der Waals surface area contributed by atoms with Crippen molar-refractivity contribution in [2.24, 2.45) is 5.11 Å². The van der Waals surface area contributed by atoms with E-state index in [0.717, 1.165) is 0 Å². The van der Waals surface area contributed by atoms with Gasteiger partial charge in [0.15, 0.2) is 0 Å². The molecule has 0 spiro atoms. The van der Waals surface area contributed by atoms with Gasteiger partial charge in [0, 0.05) is 4.91 Å². The molecule has 1 heterocycles. The second kappa shape index (κ2) is 9.50. The summed E-state index contributed by atoms with van der Waals surface area (Å²) in [6, 6.07) is 15.4. The lowest BCUT2D eigenvalue weighted by Gasteiger charge is -2.21. The summed E-state index contributed by atoms with van der Waals surface area (Å²) in [7, 11) is 0. The lowest BCUT2D eigenvalue weighted by Crippen LogP contribution is -2.38. The van der Waals surface area contributed by atoms with Crippen LogP contribution in [-0.4, -0.2) is 49.2 Å². The van der Waals surface area contributed by atoms with E-state index in [2.05, 4.69) is 10.0 Å². The molecule has 1 aliphatic rings. The van der Waals surface area contributed by atoms with Crippen LogP contribution in [0.4, 0.5) is 0 Å². The van der Waals surface area contributed by atoms with Crippen molar-refractivity contribution >= 4 is 18.2 Å². The van der Waals surface area contributed by atoms with Crippen molar-refractivity contribution in [3.05, 3.63) is 82.2 Å². The number of carbonyl (C=O) groups excluding carboxylic acids is 3. The second-order valence-corrected chi connectivity index (χ2v) is 6.17. The number of nitrogens with zero attached hydrogens (tertiary/aromatic N) is 3. The molecule has 0 saturated carbocycles. The SMILES string of the molecule is [N-]=[N+]=N[C@@H]1[C@H](OC(=O)c2ccccc2)[C@@H](COC(=O)c2ccccc2)O[C@H]1C=O. The van der Waals surface area contributed by atoms with Gasteiger partial charge in [-0.2, -0.15) is 0 Å². The number of rotatable bonds is 7. The third-order valence-electron chi connectivity index (χ3n) is 4.33. The number of hydrogen-bond acceptors (Lipinski definition) is 7. The van der Waals surface area contributed by atoms with Gasteiger partial charge in [-0.15, -0.1) is 0 Å². The molecular formula is C20H17N3O6. The Kier molecular flexibility index (Phi) is 6.57. The number of carbonyl (C=O) groups is 3. The van der Waals surface area contributed by atoms with Gasteiger partial charge in [0.25, 0.3) is 0 Å². The van der Waals surface area contributed by atoms with Crippen LogP contribution in [-0.2, 0) is 19.0 Å². The summed E-state index contributed by atoms with van der Waals surface area (Å²) < 4.78 is 16.2. The van der Waals surface area contributed by atoms with E-state index in [1.54, 1.807) is 60.7 Å². The zero-order valence-corrected chi connectivity index (χ0v) is 15.2. The molecule has 2 aromatic rings. The summed E-state index contributed by atoms with van der Waals surface area (Å²) in [5.74, 6) is -1.28. The summed E-state index contributed by atoms with van der Waals surface area (Å²) in [6.07, 6.45) is -2.74. The molecule has 3 rings (SSSR count). The molecule has 1 fully saturated rings. The monoisotopic (exact) mass is 395 g/mol. The van der Waals surface area contributed by atoms with Crippen molar-refractivity contribution < 1.29 is 28.6 Å². The molecule has 2 aromatic carbocycles. The van der Waals surface area contributed by atoms with Crippen molar-refractivity contribution in [3.8, 4) is 0 Å². The fourth-order valence-electron chi connectivity index (χ4n) is 2.93. The molecule has 4 atom stereocenters. The van der Waals surface area contributed by atoms with Crippen molar-refractivity contribution in [1.29, 1.82) is 0 Å². The van der Waals surface area contributed by atoms with Gasteiger partial charge < -0.3 is 19.0 Å². The predicted octanol–water partition coefficient (Wildman–Crippen LogP) is 2.71. The Balaban J connectivity index is 1.75. The van der Waals surface area contributed by atoms with Gasteiger partial charge >= 0.3 is 11.9 Å². The third-order valence-corrected chi connectivity index (χ3v) is 4.33. The lowest BCUT2D eigenvalue weighted by molar-refractivity contribution is -0.119. The molecule has 0 aliphatic carbocycles. The normalized spacial score (nSPS) is 22.9. The number of azide groups is 1. The van der Waals surface area contributed by atoms with Crippen LogP contribution in [0, 0.1) is 0 Å². The average Bonchev–Trinajstić information content (AvgIpc) is 3.09. The lowest BCUT2D eigenvalue weighted by atomic mass is 10.1. The largest absolute Gasteiger partial charge is 0.459 e. The van der Waals surface area contributed by atoms with Crippen molar-refractivity contribution in [2.75, 3.05) is 6.61 Å². The standard InChI is InChI=1S/C20H17N3O6/c21-23-22-17-15(11-24)28-16(12-27-19(25)13-7-3-1-4-8-13)18(17)29-20(26)14-9-5-2-6-10-14/h1-11,15-18H,12H2/t15-,16+,17-,18+/m0/s1. The van der Waals surface area contributed by atoms with Gasteiger partial charge in [-0.3, -0.25) is 0 Å². The van der Waals surface area contributed by atoms with Crippen LogP contribution in [0.1, 0.15) is 20.7 Å². The van der Waals surface area contributed by atoms with Crippen LogP contribution in [0.15, 0.2) is 65.8 Å². The Morgan fingerprint density at radius 1 is 1.03 bits per heavy atom. The van der Waals surface area contributed by atoms with E-state index < -0.39 is 36.3 Å². The highest BCUT2D eigenvalue weighted by atomic mass is 16.6. The molecule has 9 nitrogen and oxygen atoms in total. The van der Waals surface area contributed by atoms with E-state index in [1.807, 2.05) is 0 Å². The highest BCUT2D eigenvalue weighted by molar-refractivity contribution is 5.90. The molecule has 1 aliphatic heterocycles. The molecule has 0 aromatic heterocycles. The molecule has 0 radical (unpaired) electrons. The average molecular weight is 395 g/mol. The van der Waals surface area contributed by atoms with E-state index >= 15 is 0 Å². The van der Waals surface area contributed by atoms with Gasteiger partial charge in [-0.25, -0.2) is 9.59 Å². The fourth-order valence-corrected chi connectivity index (χ4v) is 2.93. The maximum Gasteiger partial charge on any atom is 0.338 e. The van der Waals surface area contributed by atoms with Crippen LogP contribution in [0.5, 0.6) is 0 Å². The van der Waals surface area contributed by atoms with E-state index in [-0.39, 0.29) is 12.2 Å². The summed E-state index contributed by atoms with van der Waals surface area (Å²) in [5, 5.41) is 3.55. The van der Waals surface area contributed by atoms with Crippen LogP contribution in [0.25, 0.3) is 10.4 Å². The van der Waals surface area contributed by atoms with Crippen LogP contribution in [0.2, 0.25) is 0 Å². The van der Waals surface area contributed by atoms with Gasteiger partial charge in [0.05, 0.1) is 11.1 Å². The number of benzene rings is 2. The van der Waals surface area contributed by atoms with E-state index in [9.17, 15) is 14.4 Å². The zero-order valence-electron chi connectivity index (χ0n) is 15.2. The smallest absolute Gasteiger partial charge is 0.338 e. The fraction of sp³-hybridized carbons (Fsp3) is 0.250. The Morgan fingerprint density at radius 3 is 2.17 bits per heavy atom. The molecule has 0 unspecified atom stereocenters. The Bertz CT molecular complexity index is 914. The Labute approximate surface area is 165 Å². The Hall–Kier alpha value is -3.68. The summed E-state index contributed by atoms with van der Waals surface area (Å²) in [6.45, 7) is -0.289. The van der Waals surface area contributed by atoms with Gasteiger partial charge in [0.2, 0.25) is 0 Å². The van der Waals surface area contributed by atoms with Crippen molar-refractivity contribution in [3.63, 3.8) is 0 Å². The first-order valence-electron chi connectivity index (χ1n) is 8.77. The molecule has 29 heavy (non-hydrogen) atoms. The molecule has 0 amide bonds. The number of esters is 2. The van der Waals surface area contributed by atoms with Crippen molar-refractivity contribution in [1.82, 2.24) is 0 Å². The maximum atomic E-state index is 12.4. The number of aldehydes is 1. The van der Waals surface area contributed by atoms with Gasteiger partial charge in [-0.1, -0.05) is 41.5 Å². The molecule has 148 valence electrons. The molecule has 0 bridgehead atoms. The molecule has 1 saturated heterocycles. The highest BCUT2D eigenvalue weighted by Gasteiger charge is 2.47. The molecule has 9 heteroatoms. The zero-order chi connectivity index (χ0) is 20.6. The quantitative estimate of drug-likeness (QED) is 0.233. The minimum absolute atomic E-state index is 0.279. The predicted molar refractivity (Wildman–Crippen MR) is 100 cm³/mol. The Morgan fingerprint density at radius 2 is 1.62 bits per heavy atom. The van der Waals surface area contributed by atoms with Gasteiger partial charge in [-0.05, 0) is 29.8 Å². The first-order valence-corrected chi connectivity index (χ1v) is 8.77. The van der Waals surface area contributed by atoms with E-state index in [1.165, 1.54) is 0 Å². The van der Waals surface area contributed by atoms with Crippen molar-refractivity contribution in [2.45, 2.75) is 24.4 Å². The topological polar surface area (TPSA) is 128 Å². The highest BCUT2D eigenvalue weighted by Crippen LogP contribution is 2.27. The van der Waals surface area contributed by atoms with Crippen LogP contribution < -0.4 is 0 Å². The molecule has 0 N–H and O–H groups in total. The first-order chi connectivity index (χ1) is 14.1. The third kappa shape index (κ3) is 4.78. The summed E-state index contributed by atoms with van der Waals surface area (Å²) in [5.41, 5.74) is 9.44. The maximum absolute atomic E-state index is 12.4. The van der Waals surface area contributed by atoms with E-state index in [4.69, 9.17) is 19.7 Å². The second-order valence-electron chi connectivity index (χ2n) is 6.17. The minimum Gasteiger partial charge on any atom is -0.459 e. The van der Waals surface area contributed by atoms with Crippen LogP contribution in [0.3, 0.4) is 0 Å².